The Bertz CT molecular complexity index is 1760. The summed E-state index contributed by atoms with van der Waals surface area (Å²) in [7, 11) is 0. The smallest absolute Gasteiger partial charge is 0.0629 e. The minimum absolute atomic E-state index is 0.313. The largest absolute Gasteiger partial charge is 0.398 e. The first-order valence-electron chi connectivity index (χ1n) is 15.0. The minimum atomic E-state index is 0.313. The van der Waals surface area contributed by atoms with Gasteiger partial charge in [0, 0.05) is 23.0 Å². The molecule has 42 heavy (non-hydrogen) atoms. The Hall–Kier alpha value is -4.82. The van der Waals surface area contributed by atoms with Gasteiger partial charge >= 0.3 is 0 Å². The van der Waals surface area contributed by atoms with Crippen molar-refractivity contribution in [1.82, 2.24) is 0 Å². The highest BCUT2D eigenvalue weighted by Gasteiger charge is 2.36. The Labute approximate surface area is 249 Å². The summed E-state index contributed by atoms with van der Waals surface area (Å²) < 4.78 is 0. The molecule has 0 bridgehead atoms. The summed E-state index contributed by atoms with van der Waals surface area (Å²) >= 11 is 0. The van der Waals surface area contributed by atoms with Crippen molar-refractivity contribution in [2.24, 2.45) is 0 Å². The van der Waals surface area contributed by atoms with Gasteiger partial charge in [0.25, 0.3) is 0 Å². The van der Waals surface area contributed by atoms with Crippen LogP contribution in [0.15, 0.2) is 139 Å². The third-order valence-corrected chi connectivity index (χ3v) is 8.79. The first-order valence-corrected chi connectivity index (χ1v) is 15.0. The lowest BCUT2D eigenvalue weighted by atomic mass is 9.91. The van der Waals surface area contributed by atoms with Crippen LogP contribution in [-0.4, -0.2) is 6.04 Å². The maximum Gasteiger partial charge on any atom is 0.0629 e. The summed E-state index contributed by atoms with van der Waals surface area (Å²) in [5, 5.41) is 0. The van der Waals surface area contributed by atoms with Crippen molar-refractivity contribution >= 4 is 28.7 Å². The number of hydrogen-bond donors (Lipinski definition) is 1. The number of nitrogens with two attached hydrogens (primary N) is 1. The molecule has 0 fully saturated rings. The van der Waals surface area contributed by atoms with Crippen molar-refractivity contribution in [3.05, 3.63) is 161 Å². The average Bonchev–Trinajstić information content (AvgIpc) is 3.37. The fraction of sp³-hybridized carbons (Fsp3) is 0.150. The number of allylic oxidation sites excluding steroid dienone is 7. The van der Waals surface area contributed by atoms with Crippen molar-refractivity contribution in [2.75, 3.05) is 10.6 Å². The zero-order valence-electron chi connectivity index (χ0n) is 24.1. The molecule has 4 aromatic carbocycles. The first kappa shape index (κ1) is 26.1. The molecule has 0 amide bonds. The molecule has 2 aliphatic carbocycles. The second kappa shape index (κ2) is 11.2. The van der Waals surface area contributed by atoms with Crippen LogP contribution in [0.1, 0.15) is 47.9 Å². The Morgan fingerprint density at radius 1 is 0.857 bits per heavy atom. The highest BCUT2D eigenvalue weighted by atomic mass is 15.2. The first-order chi connectivity index (χ1) is 20.6. The highest BCUT2D eigenvalue weighted by molar-refractivity contribution is 5.86. The van der Waals surface area contributed by atoms with Gasteiger partial charge in [0.2, 0.25) is 0 Å². The Balaban J connectivity index is 1.11. The number of benzene rings is 4. The van der Waals surface area contributed by atoms with Crippen molar-refractivity contribution in [3.63, 3.8) is 0 Å². The van der Waals surface area contributed by atoms with Crippen molar-refractivity contribution in [1.29, 1.82) is 0 Å². The fourth-order valence-electron chi connectivity index (χ4n) is 6.52. The molecule has 2 unspecified atom stereocenters. The molecule has 0 radical (unpaired) electrons. The van der Waals surface area contributed by atoms with Crippen LogP contribution in [0.5, 0.6) is 0 Å². The quantitative estimate of drug-likeness (QED) is 0.193. The molecular formula is C40H36N2. The van der Waals surface area contributed by atoms with E-state index >= 15 is 0 Å². The molecule has 7 rings (SSSR count). The monoisotopic (exact) mass is 544 g/mol. The van der Waals surface area contributed by atoms with E-state index in [-0.39, 0.29) is 0 Å². The molecule has 1 aliphatic heterocycles. The van der Waals surface area contributed by atoms with E-state index < -0.39 is 0 Å². The Morgan fingerprint density at radius 3 is 2.45 bits per heavy atom. The number of nitrogens with zero attached hydrogens (tertiary/aromatic N) is 1. The van der Waals surface area contributed by atoms with Crippen molar-refractivity contribution < 1.29 is 0 Å². The SMILES string of the molecule is C/C(=C\c1cc(-c2ccc(CC3=CCCC=C3)cc2)ccc1N)c1ccc(N2c3ccccc3C3C=CC=CC32)cc1. The number of para-hydroxylation sites is 1. The summed E-state index contributed by atoms with van der Waals surface area (Å²) in [6.07, 6.45) is 21.4. The molecule has 1 heterocycles. The highest BCUT2D eigenvalue weighted by Crippen LogP contribution is 2.47. The van der Waals surface area contributed by atoms with Crippen LogP contribution in [0.25, 0.3) is 22.8 Å². The zero-order valence-corrected chi connectivity index (χ0v) is 24.1. The predicted octanol–water partition coefficient (Wildman–Crippen LogP) is 10.0. The van der Waals surface area contributed by atoms with E-state index in [0.29, 0.717) is 12.0 Å². The molecule has 2 nitrogen and oxygen atoms in total. The van der Waals surface area contributed by atoms with Gasteiger partial charge in [-0.25, -0.2) is 0 Å². The van der Waals surface area contributed by atoms with Gasteiger partial charge in [0.1, 0.15) is 0 Å². The normalized spacial score (nSPS) is 19.0. The molecular weight excluding hydrogens is 508 g/mol. The van der Waals surface area contributed by atoms with E-state index in [1.165, 1.54) is 50.3 Å². The maximum atomic E-state index is 6.46. The number of anilines is 3. The van der Waals surface area contributed by atoms with Crippen LogP contribution in [0.4, 0.5) is 17.1 Å². The number of nitrogen functional groups attached to an aromatic ring is 1. The molecule has 0 spiro atoms. The van der Waals surface area contributed by atoms with Crippen LogP contribution in [0.3, 0.4) is 0 Å². The number of fused-ring (bicyclic) bond motifs is 3. The van der Waals surface area contributed by atoms with Gasteiger partial charge in [-0.05, 0) is 107 Å². The average molecular weight is 545 g/mol. The van der Waals surface area contributed by atoms with Crippen LogP contribution in [0, 0.1) is 0 Å². The van der Waals surface area contributed by atoms with E-state index in [1.54, 1.807) is 0 Å². The van der Waals surface area contributed by atoms with Gasteiger partial charge in [0.15, 0.2) is 0 Å². The predicted molar refractivity (Wildman–Crippen MR) is 180 cm³/mol. The molecule has 2 atom stereocenters. The Morgan fingerprint density at radius 2 is 1.64 bits per heavy atom. The zero-order chi connectivity index (χ0) is 28.5. The van der Waals surface area contributed by atoms with E-state index in [0.717, 1.165) is 30.5 Å². The summed E-state index contributed by atoms with van der Waals surface area (Å²) in [5.74, 6) is 0.394. The fourth-order valence-corrected chi connectivity index (χ4v) is 6.52. The molecule has 0 saturated carbocycles. The third-order valence-electron chi connectivity index (χ3n) is 8.79. The molecule has 3 aliphatic rings. The van der Waals surface area contributed by atoms with Gasteiger partial charge in [-0.15, -0.1) is 0 Å². The summed E-state index contributed by atoms with van der Waals surface area (Å²) in [6.45, 7) is 2.17. The molecule has 2 N–H and O–H groups in total. The lowest BCUT2D eigenvalue weighted by molar-refractivity contribution is 0.745. The standard InChI is InChI=1S/C40H36N2/c1-28(31-19-22-35(23-20-31)42-39-13-7-5-11-36(39)37-12-6-8-14-40(37)42)25-34-27-33(21-24-38(34)41)32-17-15-30(16-18-32)26-29-9-3-2-4-10-29/h3,5-25,27,36,39H,2,4,26,41H2,1H3/b28-25+. The second-order valence-electron chi connectivity index (χ2n) is 11.6. The molecule has 206 valence electrons. The van der Waals surface area contributed by atoms with Gasteiger partial charge in [-0.1, -0.05) is 103 Å². The van der Waals surface area contributed by atoms with E-state index in [4.69, 9.17) is 5.73 Å². The Kier molecular flexibility index (Phi) is 6.97. The molecule has 0 saturated heterocycles. The summed E-state index contributed by atoms with van der Waals surface area (Å²) in [5.41, 5.74) is 19.7. The van der Waals surface area contributed by atoms with E-state index in [9.17, 15) is 0 Å². The number of rotatable bonds is 6. The van der Waals surface area contributed by atoms with Crippen LogP contribution >= 0.6 is 0 Å². The third kappa shape index (κ3) is 5.05. The minimum Gasteiger partial charge on any atom is -0.398 e. The van der Waals surface area contributed by atoms with Crippen molar-refractivity contribution in [2.45, 2.75) is 38.1 Å². The van der Waals surface area contributed by atoms with E-state index in [2.05, 4.69) is 145 Å². The molecule has 0 aromatic heterocycles. The van der Waals surface area contributed by atoms with Crippen LogP contribution < -0.4 is 10.6 Å². The van der Waals surface area contributed by atoms with Crippen LogP contribution in [0.2, 0.25) is 0 Å². The number of hydrogen-bond acceptors (Lipinski definition) is 2. The van der Waals surface area contributed by atoms with Crippen molar-refractivity contribution in [3.8, 4) is 11.1 Å². The van der Waals surface area contributed by atoms with Gasteiger partial charge in [-0.2, -0.15) is 0 Å². The lowest BCUT2D eigenvalue weighted by Gasteiger charge is -2.28. The molecule has 4 aromatic rings. The lowest BCUT2D eigenvalue weighted by Crippen LogP contribution is -2.28. The van der Waals surface area contributed by atoms with E-state index in [1.807, 2.05) is 6.07 Å². The molecule has 2 heteroatoms. The van der Waals surface area contributed by atoms with Gasteiger partial charge < -0.3 is 10.6 Å². The second-order valence-corrected chi connectivity index (χ2v) is 11.6. The summed E-state index contributed by atoms with van der Waals surface area (Å²) in [6, 6.07) is 33.4. The van der Waals surface area contributed by atoms with Gasteiger partial charge in [0.05, 0.1) is 6.04 Å². The summed E-state index contributed by atoms with van der Waals surface area (Å²) in [4.78, 5) is 2.47. The maximum absolute atomic E-state index is 6.46. The van der Waals surface area contributed by atoms with Gasteiger partial charge in [-0.3, -0.25) is 0 Å². The van der Waals surface area contributed by atoms with Crippen LogP contribution in [-0.2, 0) is 6.42 Å². The topological polar surface area (TPSA) is 29.3 Å².